The minimum atomic E-state index is -1.06. The van der Waals surface area contributed by atoms with Gasteiger partial charge in [-0.3, -0.25) is 15.0 Å². The van der Waals surface area contributed by atoms with E-state index in [0.29, 0.717) is 35.3 Å². The van der Waals surface area contributed by atoms with E-state index in [1.165, 1.54) is 25.7 Å². The maximum absolute atomic E-state index is 13.5. The molecule has 0 radical (unpaired) electrons. The number of thioether (sulfide) groups is 1. The van der Waals surface area contributed by atoms with Gasteiger partial charge in [0.05, 0.1) is 12.1 Å². The van der Waals surface area contributed by atoms with Crippen LogP contribution in [0.2, 0.25) is 0 Å². The number of nitrogens with one attached hydrogen (secondary N) is 2. The lowest BCUT2D eigenvalue weighted by molar-refractivity contribution is -0.132. The van der Waals surface area contributed by atoms with Gasteiger partial charge in [-0.25, -0.2) is 0 Å². The first-order chi connectivity index (χ1) is 19.0. The lowest BCUT2D eigenvalue weighted by Gasteiger charge is -2.47. The summed E-state index contributed by atoms with van der Waals surface area (Å²) in [6.07, 6.45) is 3.73. The van der Waals surface area contributed by atoms with Crippen molar-refractivity contribution in [1.29, 1.82) is 0 Å². The molecule has 6 atom stereocenters. The number of piperidine rings is 1. The van der Waals surface area contributed by atoms with Crippen LogP contribution in [0.25, 0.3) is 0 Å². The number of benzene rings is 2. The Morgan fingerprint density at radius 3 is 2.48 bits per heavy atom. The highest BCUT2D eigenvalue weighted by atomic mass is 32.2. The van der Waals surface area contributed by atoms with Gasteiger partial charge in [-0.05, 0) is 76.1 Å². The third-order valence-electron chi connectivity index (χ3n) is 8.38. The molecule has 1 aliphatic carbocycles. The predicted molar refractivity (Wildman–Crippen MR) is 163 cm³/mol. The summed E-state index contributed by atoms with van der Waals surface area (Å²) in [5.74, 6) is 1.78. The second-order valence-corrected chi connectivity index (χ2v) is 13.7. The average molecular weight is 572 g/mol. The average Bonchev–Trinajstić information content (AvgIpc) is 2.91. The normalized spacial score (nSPS) is 24.1. The van der Waals surface area contributed by atoms with E-state index in [1.807, 2.05) is 51.1 Å². The van der Waals surface area contributed by atoms with Crippen molar-refractivity contribution in [3.05, 3.63) is 59.7 Å². The first-order valence-corrected chi connectivity index (χ1v) is 15.6. The molecule has 2 fully saturated rings. The van der Waals surface area contributed by atoms with E-state index in [-0.39, 0.29) is 24.7 Å². The second-order valence-electron chi connectivity index (χ2n) is 12.6. The number of hydrogen-bond acceptors (Lipinski definition) is 7. The van der Waals surface area contributed by atoms with Gasteiger partial charge in [-0.1, -0.05) is 49.6 Å². The molecule has 1 saturated carbocycles. The fourth-order valence-corrected chi connectivity index (χ4v) is 7.24. The van der Waals surface area contributed by atoms with E-state index >= 15 is 0 Å². The minimum absolute atomic E-state index is 0. The summed E-state index contributed by atoms with van der Waals surface area (Å²) >= 11 is 1.62. The van der Waals surface area contributed by atoms with Gasteiger partial charge >= 0.3 is 0 Å². The van der Waals surface area contributed by atoms with Crippen LogP contribution in [0.1, 0.15) is 71.7 Å². The molecule has 0 bridgehead atoms. The van der Waals surface area contributed by atoms with Gasteiger partial charge < -0.3 is 20.6 Å². The van der Waals surface area contributed by atoms with Crippen LogP contribution in [-0.4, -0.2) is 68.7 Å². The van der Waals surface area contributed by atoms with E-state index in [1.54, 1.807) is 36.9 Å². The quantitative estimate of drug-likeness (QED) is 0.205. The first-order valence-electron chi connectivity index (χ1n) is 14.7. The van der Waals surface area contributed by atoms with Crippen molar-refractivity contribution in [2.75, 3.05) is 18.8 Å². The molecule has 2 aromatic carbocycles. The van der Waals surface area contributed by atoms with Crippen LogP contribution >= 0.6 is 11.8 Å². The lowest BCUT2D eigenvalue weighted by Crippen LogP contribution is -2.60. The number of carbonyl (C=O) groups is 1. The SMILES string of the molecule is Cc1c(O)cccc1C(O)N[C@H](CSc1ccccc1)[C@H](O)CN1C[C@H]2CCCC[C@H]2C[C@H]1C(=O)NC(C)(C)C.[HH]. The number of β-amino-alcohol motifs (C(OH)–C–C–N with tert-alkyl or cyclic N) is 1. The number of amides is 1. The van der Waals surface area contributed by atoms with Crippen LogP contribution in [0, 0.1) is 18.8 Å². The van der Waals surface area contributed by atoms with Crippen molar-refractivity contribution < 1.29 is 21.5 Å². The summed E-state index contributed by atoms with van der Waals surface area (Å²) in [7, 11) is 0. The molecule has 5 N–H and O–H groups in total. The minimum Gasteiger partial charge on any atom is -0.508 e. The molecule has 1 amide bonds. The predicted octanol–water partition coefficient (Wildman–Crippen LogP) is 4.84. The fourth-order valence-electron chi connectivity index (χ4n) is 6.20. The number of aliphatic hydroxyl groups excluding tert-OH is 2. The van der Waals surface area contributed by atoms with Crippen molar-refractivity contribution in [2.24, 2.45) is 11.8 Å². The van der Waals surface area contributed by atoms with Crippen molar-refractivity contribution in [2.45, 2.75) is 94.6 Å². The molecule has 0 aromatic heterocycles. The molecule has 0 spiro atoms. The van der Waals surface area contributed by atoms with Crippen molar-refractivity contribution in [3.63, 3.8) is 0 Å². The Morgan fingerprint density at radius 2 is 1.77 bits per heavy atom. The molecule has 1 heterocycles. The van der Waals surface area contributed by atoms with E-state index in [9.17, 15) is 20.1 Å². The molecule has 1 aliphatic heterocycles. The molecule has 222 valence electrons. The smallest absolute Gasteiger partial charge is 0.237 e. The van der Waals surface area contributed by atoms with Crippen molar-refractivity contribution in [1.82, 2.24) is 15.5 Å². The number of hydrogen-bond donors (Lipinski definition) is 5. The van der Waals surface area contributed by atoms with E-state index in [0.717, 1.165) is 17.9 Å². The van der Waals surface area contributed by atoms with Gasteiger partial charge in [0.2, 0.25) is 5.91 Å². The van der Waals surface area contributed by atoms with Crippen LogP contribution in [0.4, 0.5) is 0 Å². The number of aromatic hydroxyl groups is 1. The van der Waals surface area contributed by atoms with Gasteiger partial charge in [0.1, 0.15) is 12.0 Å². The number of phenols is 1. The standard InChI is InChI=1S/C32H47N3O4S.H2/c1-21-25(15-10-16-28(21)36)30(38)33-26(20-40-24-13-6-5-7-14-24)29(37)19-35-18-23-12-9-8-11-22(23)17-27(35)31(39)34-32(2,3)4;/h5-7,10,13-16,22-23,26-27,29-30,33,36-38H,8-9,11-12,17-20H2,1-4H3,(H,34,39);1H/t22-,23+,26+,27-,29+,30?;/m0./s1. The van der Waals surface area contributed by atoms with Crippen molar-refractivity contribution in [3.8, 4) is 5.75 Å². The number of aliphatic hydroxyl groups is 2. The van der Waals surface area contributed by atoms with Gasteiger partial charge in [0.25, 0.3) is 0 Å². The van der Waals surface area contributed by atoms with E-state index < -0.39 is 18.4 Å². The number of carbonyl (C=O) groups excluding carboxylic acids is 1. The molecule has 8 heteroatoms. The first kappa shape index (κ1) is 30.8. The fraction of sp³-hybridized carbons (Fsp3) is 0.594. The summed E-state index contributed by atoms with van der Waals surface area (Å²) < 4.78 is 0. The van der Waals surface area contributed by atoms with Crippen LogP contribution in [0.15, 0.2) is 53.4 Å². The molecule has 1 unspecified atom stereocenters. The summed E-state index contributed by atoms with van der Waals surface area (Å²) in [5, 5.41) is 39.4. The Morgan fingerprint density at radius 1 is 1.07 bits per heavy atom. The monoisotopic (exact) mass is 571 g/mol. The molecule has 7 nitrogen and oxygen atoms in total. The molecule has 2 aliphatic rings. The summed E-state index contributed by atoms with van der Waals surface area (Å²) in [6, 6.07) is 14.3. The third-order valence-corrected chi connectivity index (χ3v) is 9.51. The topological polar surface area (TPSA) is 105 Å². The summed E-state index contributed by atoms with van der Waals surface area (Å²) in [5.41, 5.74) is 0.849. The van der Waals surface area contributed by atoms with Gasteiger partial charge in [-0.2, -0.15) is 0 Å². The van der Waals surface area contributed by atoms with Crippen molar-refractivity contribution >= 4 is 17.7 Å². The summed E-state index contributed by atoms with van der Waals surface area (Å²) in [4.78, 5) is 16.7. The maximum atomic E-state index is 13.5. The lowest BCUT2D eigenvalue weighted by atomic mass is 9.72. The Kier molecular flexibility index (Phi) is 10.6. The Balaban J connectivity index is 0.00000462. The Labute approximate surface area is 245 Å². The zero-order valence-electron chi connectivity index (χ0n) is 24.3. The highest BCUT2D eigenvalue weighted by Gasteiger charge is 2.41. The number of likely N-dealkylation sites (tertiary alicyclic amines) is 1. The number of fused-ring (bicyclic) bond motifs is 1. The zero-order valence-corrected chi connectivity index (χ0v) is 25.2. The molecule has 40 heavy (non-hydrogen) atoms. The second kappa shape index (κ2) is 13.7. The van der Waals surface area contributed by atoms with Crippen LogP contribution in [-0.2, 0) is 4.79 Å². The maximum Gasteiger partial charge on any atom is 0.237 e. The highest BCUT2D eigenvalue weighted by molar-refractivity contribution is 7.99. The van der Waals surface area contributed by atoms with Crippen LogP contribution in [0.5, 0.6) is 5.75 Å². The number of nitrogens with zero attached hydrogens (tertiary/aromatic N) is 1. The van der Waals surface area contributed by atoms with E-state index in [4.69, 9.17) is 0 Å². The molecular formula is C32H49N3O4S. The molecular weight excluding hydrogens is 522 g/mol. The Hall–Kier alpha value is -2.10. The van der Waals surface area contributed by atoms with Crippen LogP contribution in [0.3, 0.4) is 0 Å². The zero-order chi connectivity index (χ0) is 28.9. The third kappa shape index (κ3) is 8.23. The number of rotatable bonds is 10. The van der Waals surface area contributed by atoms with E-state index in [2.05, 4.69) is 15.5 Å². The van der Waals surface area contributed by atoms with Gasteiger partial charge in [-0.15, -0.1) is 11.8 Å². The molecule has 1 saturated heterocycles. The largest absolute Gasteiger partial charge is 0.508 e. The molecule has 2 aromatic rings. The van der Waals surface area contributed by atoms with Gasteiger partial charge in [0, 0.05) is 42.3 Å². The highest BCUT2D eigenvalue weighted by Crippen LogP contribution is 2.39. The number of phenolic OH excluding ortho intramolecular Hbond substituents is 1. The van der Waals surface area contributed by atoms with Gasteiger partial charge in [0.15, 0.2) is 0 Å². The summed E-state index contributed by atoms with van der Waals surface area (Å²) in [6.45, 7) is 8.92. The Bertz CT molecular complexity index is 1120. The van der Waals surface area contributed by atoms with Crippen LogP contribution < -0.4 is 10.6 Å². The molecule has 4 rings (SSSR count).